The van der Waals surface area contributed by atoms with Crippen LogP contribution in [-0.2, 0) is 14.8 Å². The van der Waals surface area contributed by atoms with Gasteiger partial charge in [-0.15, -0.1) is 12.4 Å². The number of nitrogens with one attached hydrogen (secondary N) is 1. The molecule has 8 heteroatoms. The smallest absolute Gasteiger partial charge is 0.337 e. The highest BCUT2D eigenvalue weighted by molar-refractivity contribution is 7.89. The zero-order valence-corrected chi connectivity index (χ0v) is 15.6. The molecule has 0 heterocycles. The summed E-state index contributed by atoms with van der Waals surface area (Å²) in [6.45, 7) is 1.94. The Kier molecular flexibility index (Phi) is 7.66. The van der Waals surface area contributed by atoms with Crippen LogP contribution in [0.5, 0.6) is 0 Å². The van der Waals surface area contributed by atoms with Crippen LogP contribution < -0.4 is 10.5 Å². The molecule has 6 nitrogen and oxygen atoms in total. The summed E-state index contributed by atoms with van der Waals surface area (Å²) in [4.78, 5) is 11.7. The van der Waals surface area contributed by atoms with Gasteiger partial charge in [0.2, 0.25) is 10.0 Å². The molecule has 1 aromatic carbocycles. The molecule has 1 fully saturated rings. The first-order valence-electron chi connectivity index (χ1n) is 7.80. The molecule has 3 N–H and O–H groups in total. The molecule has 0 saturated heterocycles. The molecule has 1 aromatic rings. The van der Waals surface area contributed by atoms with E-state index in [4.69, 9.17) is 5.73 Å². The maximum absolute atomic E-state index is 12.6. The van der Waals surface area contributed by atoms with Crippen molar-refractivity contribution in [1.82, 2.24) is 4.72 Å². The quantitative estimate of drug-likeness (QED) is 0.740. The van der Waals surface area contributed by atoms with Crippen LogP contribution in [0.3, 0.4) is 0 Å². The fraction of sp³-hybridized carbons (Fsp3) is 0.562. The fourth-order valence-corrected chi connectivity index (χ4v) is 4.70. The number of aryl methyl sites for hydroxylation is 1. The van der Waals surface area contributed by atoms with E-state index < -0.39 is 16.0 Å². The van der Waals surface area contributed by atoms with Gasteiger partial charge in [0.25, 0.3) is 0 Å². The van der Waals surface area contributed by atoms with E-state index in [0.717, 1.165) is 25.7 Å². The molecule has 24 heavy (non-hydrogen) atoms. The molecular formula is C16H25ClN2O4S. The number of methoxy groups -OCH3 is 1. The van der Waals surface area contributed by atoms with Crippen molar-refractivity contribution >= 4 is 28.4 Å². The van der Waals surface area contributed by atoms with Crippen LogP contribution in [0.1, 0.15) is 41.6 Å². The van der Waals surface area contributed by atoms with Gasteiger partial charge in [0.15, 0.2) is 0 Å². The van der Waals surface area contributed by atoms with Gasteiger partial charge >= 0.3 is 5.97 Å². The molecule has 2 rings (SSSR count). The van der Waals surface area contributed by atoms with Crippen LogP contribution in [0.25, 0.3) is 0 Å². The first kappa shape index (κ1) is 20.9. The van der Waals surface area contributed by atoms with E-state index in [1.54, 1.807) is 6.92 Å². The van der Waals surface area contributed by atoms with Gasteiger partial charge in [0, 0.05) is 12.6 Å². The Balaban J connectivity index is 0.00000288. The third-order valence-electron chi connectivity index (χ3n) is 4.41. The minimum Gasteiger partial charge on any atom is -0.465 e. The molecule has 1 atom stereocenters. The molecule has 0 bridgehead atoms. The number of esters is 1. The first-order valence-corrected chi connectivity index (χ1v) is 9.28. The number of carbonyl (C=O) groups excluding carboxylic acids is 1. The first-order chi connectivity index (χ1) is 10.9. The number of benzene rings is 1. The number of ether oxygens (including phenoxy) is 1. The molecular weight excluding hydrogens is 352 g/mol. The monoisotopic (exact) mass is 376 g/mol. The number of carbonyl (C=O) groups is 1. The second kappa shape index (κ2) is 8.80. The normalized spacial score (nSPS) is 16.5. The summed E-state index contributed by atoms with van der Waals surface area (Å²) in [6, 6.07) is 4.17. The van der Waals surface area contributed by atoms with E-state index in [2.05, 4.69) is 9.46 Å². The number of hydrogen-bond acceptors (Lipinski definition) is 5. The Labute approximate surface area is 149 Å². The van der Waals surface area contributed by atoms with Crippen LogP contribution >= 0.6 is 12.4 Å². The van der Waals surface area contributed by atoms with Crippen LogP contribution in [0.4, 0.5) is 0 Å². The van der Waals surface area contributed by atoms with Gasteiger partial charge < -0.3 is 10.5 Å². The summed E-state index contributed by atoms with van der Waals surface area (Å²) >= 11 is 0. The van der Waals surface area contributed by atoms with Crippen LogP contribution in [0.2, 0.25) is 0 Å². The number of sulfonamides is 1. The zero-order chi connectivity index (χ0) is 17.0. The highest BCUT2D eigenvalue weighted by Crippen LogP contribution is 2.28. The average Bonchev–Trinajstić information content (AvgIpc) is 3.05. The van der Waals surface area contributed by atoms with Gasteiger partial charge in [-0.05, 0) is 49.4 Å². The summed E-state index contributed by atoms with van der Waals surface area (Å²) in [7, 11) is -2.38. The van der Waals surface area contributed by atoms with Gasteiger partial charge in [-0.1, -0.05) is 12.8 Å². The van der Waals surface area contributed by atoms with Crippen molar-refractivity contribution < 1.29 is 17.9 Å². The Morgan fingerprint density at radius 1 is 1.38 bits per heavy atom. The van der Waals surface area contributed by atoms with Crippen molar-refractivity contribution in [2.75, 3.05) is 13.7 Å². The Bertz CT molecular complexity index is 673. The molecule has 0 spiro atoms. The number of rotatable bonds is 6. The molecule has 1 aliphatic carbocycles. The van der Waals surface area contributed by atoms with Crippen molar-refractivity contribution in [3.05, 3.63) is 29.3 Å². The second-order valence-corrected chi connectivity index (χ2v) is 7.66. The summed E-state index contributed by atoms with van der Waals surface area (Å²) in [5, 5.41) is 0. The molecule has 136 valence electrons. The van der Waals surface area contributed by atoms with Crippen molar-refractivity contribution in [1.29, 1.82) is 0 Å². The van der Waals surface area contributed by atoms with Crippen LogP contribution in [-0.4, -0.2) is 34.1 Å². The van der Waals surface area contributed by atoms with E-state index in [0.29, 0.717) is 17.0 Å². The van der Waals surface area contributed by atoms with E-state index in [1.165, 1.54) is 25.3 Å². The molecule has 0 radical (unpaired) electrons. The van der Waals surface area contributed by atoms with Crippen molar-refractivity contribution in [2.45, 2.75) is 43.5 Å². The standard InChI is InChI=1S/C16H24N2O4S.ClH/c1-11-9-13(16(19)22-2)7-8-15(11)23(20,21)18-14(10-17)12-5-3-4-6-12;/h7-9,12,14,18H,3-6,10,17H2,1-2H3;1H. The van der Waals surface area contributed by atoms with Crippen molar-refractivity contribution in [3.63, 3.8) is 0 Å². The number of hydrogen-bond donors (Lipinski definition) is 2. The van der Waals surface area contributed by atoms with Gasteiger partial charge in [-0.25, -0.2) is 17.9 Å². The predicted octanol–water partition coefficient (Wildman–Crippen LogP) is 2.00. The molecule has 0 aliphatic heterocycles. The molecule has 1 unspecified atom stereocenters. The molecule has 1 saturated carbocycles. The van der Waals surface area contributed by atoms with Crippen molar-refractivity contribution in [3.8, 4) is 0 Å². The van der Waals surface area contributed by atoms with Crippen LogP contribution in [0, 0.1) is 12.8 Å². The number of nitrogens with two attached hydrogens (primary N) is 1. The summed E-state index contributed by atoms with van der Waals surface area (Å²) in [5.41, 5.74) is 6.60. The molecule has 1 aliphatic rings. The summed E-state index contributed by atoms with van der Waals surface area (Å²) in [6.07, 6.45) is 4.25. The second-order valence-electron chi connectivity index (χ2n) is 5.98. The highest BCUT2D eigenvalue weighted by atomic mass is 35.5. The largest absolute Gasteiger partial charge is 0.465 e. The van der Waals surface area contributed by atoms with Crippen LogP contribution in [0.15, 0.2) is 23.1 Å². The molecule has 0 amide bonds. The van der Waals surface area contributed by atoms with Gasteiger partial charge in [-0.2, -0.15) is 0 Å². The van der Waals surface area contributed by atoms with Gasteiger partial charge in [0.05, 0.1) is 17.6 Å². The summed E-state index contributed by atoms with van der Waals surface area (Å²) in [5.74, 6) is -0.194. The van der Waals surface area contributed by atoms with E-state index in [-0.39, 0.29) is 29.9 Å². The Hall–Kier alpha value is -1.15. The minimum atomic E-state index is -3.67. The van der Waals surface area contributed by atoms with E-state index >= 15 is 0 Å². The SMILES string of the molecule is COC(=O)c1ccc(S(=O)(=O)NC(CN)C2CCCC2)c(C)c1.Cl. The molecule has 0 aromatic heterocycles. The highest BCUT2D eigenvalue weighted by Gasteiger charge is 2.29. The van der Waals surface area contributed by atoms with Gasteiger partial charge in [0.1, 0.15) is 0 Å². The predicted molar refractivity (Wildman–Crippen MR) is 94.9 cm³/mol. The third kappa shape index (κ3) is 4.69. The maximum Gasteiger partial charge on any atom is 0.337 e. The lowest BCUT2D eigenvalue weighted by Gasteiger charge is -2.23. The lowest BCUT2D eigenvalue weighted by atomic mass is 9.99. The fourth-order valence-electron chi connectivity index (χ4n) is 3.16. The van der Waals surface area contributed by atoms with Gasteiger partial charge in [-0.3, -0.25) is 0 Å². The van der Waals surface area contributed by atoms with E-state index in [9.17, 15) is 13.2 Å². The van der Waals surface area contributed by atoms with Crippen molar-refractivity contribution in [2.24, 2.45) is 11.7 Å². The topological polar surface area (TPSA) is 98.5 Å². The average molecular weight is 377 g/mol. The Morgan fingerprint density at radius 2 is 2.00 bits per heavy atom. The summed E-state index contributed by atoms with van der Waals surface area (Å²) < 4.78 is 32.7. The lowest BCUT2D eigenvalue weighted by molar-refractivity contribution is 0.0600. The third-order valence-corrected chi connectivity index (χ3v) is 6.07. The number of halogens is 1. The minimum absolute atomic E-state index is 0. The maximum atomic E-state index is 12.6. The lowest BCUT2D eigenvalue weighted by Crippen LogP contribution is -2.44. The Morgan fingerprint density at radius 3 is 2.50 bits per heavy atom. The van der Waals surface area contributed by atoms with E-state index in [1.807, 2.05) is 0 Å². The zero-order valence-electron chi connectivity index (χ0n) is 13.9.